The van der Waals surface area contributed by atoms with Crippen molar-refractivity contribution in [1.29, 1.82) is 0 Å². The predicted molar refractivity (Wildman–Crippen MR) is 76.3 cm³/mol. The molecule has 0 heterocycles. The van der Waals surface area contributed by atoms with Crippen molar-refractivity contribution in [1.82, 2.24) is 0 Å². The lowest BCUT2D eigenvalue weighted by molar-refractivity contribution is 0.199. The number of rotatable bonds is 3. The Hall–Kier alpha value is -1.80. The number of aryl methyl sites for hydroxylation is 1. The molecule has 0 fully saturated rings. The van der Waals surface area contributed by atoms with Gasteiger partial charge in [-0.2, -0.15) is 0 Å². The highest BCUT2D eigenvalue weighted by Gasteiger charge is 2.05. The van der Waals surface area contributed by atoms with Gasteiger partial charge in [0.15, 0.2) is 0 Å². The predicted octanol–water partition coefficient (Wildman–Crippen LogP) is 3.82. The molecular formula is C16H19NO. The fourth-order valence-corrected chi connectivity index (χ4v) is 1.89. The van der Waals surface area contributed by atoms with Gasteiger partial charge in [-0.05, 0) is 43.7 Å². The maximum Gasteiger partial charge on any atom is 0.0761 e. The standard InChI is InChI=1S/C16H19NO/c1-12-4-8-15(9-5-12)17(3)16-10-6-14(7-11-16)13(2)18/h4-11,13,18H,1-3H3/t13-/m0/s1. The Labute approximate surface area is 109 Å². The summed E-state index contributed by atoms with van der Waals surface area (Å²) in [4.78, 5) is 2.13. The molecule has 2 nitrogen and oxygen atoms in total. The molecular weight excluding hydrogens is 222 g/mol. The zero-order valence-corrected chi connectivity index (χ0v) is 11.1. The van der Waals surface area contributed by atoms with Crippen LogP contribution in [0.25, 0.3) is 0 Å². The average molecular weight is 241 g/mol. The van der Waals surface area contributed by atoms with Gasteiger partial charge >= 0.3 is 0 Å². The summed E-state index contributed by atoms with van der Waals surface area (Å²) >= 11 is 0. The van der Waals surface area contributed by atoms with Gasteiger partial charge in [0.2, 0.25) is 0 Å². The zero-order valence-electron chi connectivity index (χ0n) is 11.1. The molecule has 0 aliphatic rings. The molecule has 94 valence electrons. The van der Waals surface area contributed by atoms with Crippen LogP contribution in [0.1, 0.15) is 24.2 Å². The second kappa shape index (κ2) is 5.23. The van der Waals surface area contributed by atoms with Gasteiger partial charge in [-0.15, -0.1) is 0 Å². The van der Waals surface area contributed by atoms with Crippen LogP contribution in [0.4, 0.5) is 11.4 Å². The van der Waals surface area contributed by atoms with E-state index in [9.17, 15) is 5.11 Å². The van der Waals surface area contributed by atoms with Crippen LogP contribution in [0.3, 0.4) is 0 Å². The number of hydrogen-bond acceptors (Lipinski definition) is 2. The summed E-state index contributed by atoms with van der Waals surface area (Å²) in [5.41, 5.74) is 4.47. The third-order valence-corrected chi connectivity index (χ3v) is 3.18. The summed E-state index contributed by atoms with van der Waals surface area (Å²) in [5.74, 6) is 0. The molecule has 0 aromatic heterocycles. The first-order chi connectivity index (χ1) is 8.58. The molecule has 2 rings (SSSR count). The minimum Gasteiger partial charge on any atom is -0.389 e. The Morgan fingerprint density at radius 3 is 1.78 bits per heavy atom. The summed E-state index contributed by atoms with van der Waals surface area (Å²) in [5, 5.41) is 9.49. The largest absolute Gasteiger partial charge is 0.389 e. The average Bonchev–Trinajstić information content (AvgIpc) is 2.39. The Morgan fingerprint density at radius 1 is 0.889 bits per heavy atom. The van der Waals surface area contributed by atoms with Crippen molar-refractivity contribution in [3.63, 3.8) is 0 Å². The molecule has 0 saturated heterocycles. The number of aliphatic hydroxyl groups is 1. The minimum absolute atomic E-state index is 0.413. The molecule has 0 unspecified atom stereocenters. The molecule has 0 saturated carbocycles. The molecule has 2 heteroatoms. The van der Waals surface area contributed by atoms with Gasteiger partial charge in [0, 0.05) is 18.4 Å². The lowest BCUT2D eigenvalue weighted by atomic mass is 10.1. The smallest absolute Gasteiger partial charge is 0.0761 e. The van der Waals surface area contributed by atoms with Gasteiger partial charge in [-0.1, -0.05) is 29.8 Å². The first kappa shape index (κ1) is 12.7. The third-order valence-electron chi connectivity index (χ3n) is 3.18. The summed E-state index contributed by atoms with van der Waals surface area (Å²) in [6, 6.07) is 16.4. The molecule has 0 aliphatic carbocycles. The van der Waals surface area contributed by atoms with Gasteiger partial charge in [0.05, 0.1) is 6.10 Å². The fourth-order valence-electron chi connectivity index (χ4n) is 1.89. The van der Waals surface area contributed by atoms with Gasteiger partial charge < -0.3 is 10.0 Å². The van der Waals surface area contributed by atoms with Crippen LogP contribution in [0, 0.1) is 6.92 Å². The minimum atomic E-state index is -0.413. The van der Waals surface area contributed by atoms with E-state index in [1.54, 1.807) is 6.92 Å². The van der Waals surface area contributed by atoms with Crippen LogP contribution in [-0.4, -0.2) is 12.2 Å². The first-order valence-electron chi connectivity index (χ1n) is 6.16. The molecule has 18 heavy (non-hydrogen) atoms. The molecule has 2 aromatic rings. The Kier molecular flexibility index (Phi) is 3.68. The number of benzene rings is 2. The SMILES string of the molecule is Cc1ccc(N(C)c2ccc([C@H](C)O)cc2)cc1. The highest BCUT2D eigenvalue weighted by atomic mass is 16.3. The molecule has 2 aromatic carbocycles. The molecule has 0 amide bonds. The second-order valence-corrected chi connectivity index (χ2v) is 4.66. The van der Waals surface area contributed by atoms with Crippen LogP contribution in [-0.2, 0) is 0 Å². The van der Waals surface area contributed by atoms with Gasteiger partial charge in [-0.25, -0.2) is 0 Å². The topological polar surface area (TPSA) is 23.5 Å². The highest BCUT2D eigenvalue weighted by molar-refractivity contribution is 5.62. The lowest BCUT2D eigenvalue weighted by Gasteiger charge is -2.20. The third kappa shape index (κ3) is 2.71. The molecule has 0 radical (unpaired) electrons. The van der Waals surface area contributed by atoms with E-state index < -0.39 is 6.10 Å². The molecule has 0 aliphatic heterocycles. The van der Waals surface area contributed by atoms with Gasteiger partial charge in [0.1, 0.15) is 0 Å². The van der Waals surface area contributed by atoms with E-state index in [1.165, 1.54) is 5.56 Å². The second-order valence-electron chi connectivity index (χ2n) is 4.66. The molecule has 1 N–H and O–H groups in total. The summed E-state index contributed by atoms with van der Waals surface area (Å²) in [7, 11) is 2.04. The monoisotopic (exact) mass is 241 g/mol. The quantitative estimate of drug-likeness (QED) is 0.883. The van der Waals surface area contributed by atoms with Crippen LogP contribution in [0.15, 0.2) is 48.5 Å². The summed E-state index contributed by atoms with van der Waals surface area (Å²) < 4.78 is 0. The maximum absolute atomic E-state index is 9.49. The lowest BCUT2D eigenvalue weighted by Crippen LogP contribution is -2.09. The molecule has 1 atom stereocenters. The Bertz CT molecular complexity index is 500. The van der Waals surface area contributed by atoms with Crippen LogP contribution < -0.4 is 4.90 Å². The van der Waals surface area contributed by atoms with E-state index in [0.717, 1.165) is 16.9 Å². The molecule has 0 bridgehead atoms. The molecule has 0 spiro atoms. The Morgan fingerprint density at radius 2 is 1.33 bits per heavy atom. The summed E-state index contributed by atoms with van der Waals surface area (Å²) in [6.07, 6.45) is -0.413. The first-order valence-corrected chi connectivity index (χ1v) is 6.16. The van der Waals surface area contributed by atoms with E-state index in [1.807, 2.05) is 31.3 Å². The number of hydrogen-bond donors (Lipinski definition) is 1. The van der Waals surface area contributed by atoms with E-state index in [2.05, 4.69) is 36.1 Å². The maximum atomic E-state index is 9.49. The van der Waals surface area contributed by atoms with Crippen molar-refractivity contribution >= 4 is 11.4 Å². The van der Waals surface area contributed by atoms with Crippen LogP contribution in [0.2, 0.25) is 0 Å². The van der Waals surface area contributed by atoms with Crippen molar-refractivity contribution in [2.24, 2.45) is 0 Å². The number of aliphatic hydroxyl groups excluding tert-OH is 1. The normalized spacial score (nSPS) is 12.2. The van der Waals surface area contributed by atoms with Crippen molar-refractivity contribution in [2.45, 2.75) is 20.0 Å². The van der Waals surface area contributed by atoms with E-state index in [4.69, 9.17) is 0 Å². The van der Waals surface area contributed by atoms with Crippen molar-refractivity contribution in [3.8, 4) is 0 Å². The van der Waals surface area contributed by atoms with Crippen molar-refractivity contribution < 1.29 is 5.11 Å². The van der Waals surface area contributed by atoms with E-state index >= 15 is 0 Å². The summed E-state index contributed by atoms with van der Waals surface area (Å²) in [6.45, 7) is 3.86. The van der Waals surface area contributed by atoms with Gasteiger partial charge in [0.25, 0.3) is 0 Å². The Balaban J connectivity index is 2.23. The van der Waals surface area contributed by atoms with E-state index in [-0.39, 0.29) is 0 Å². The van der Waals surface area contributed by atoms with Crippen LogP contribution in [0.5, 0.6) is 0 Å². The van der Waals surface area contributed by atoms with Crippen LogP contribution >= 0.6 is 0 Å². The fraction of sp³-hybridized carbons (Fsp3) is 0.250. The van der Waals surface area contributed by atoms with Crippen molar-refractivity contribution in [2.75, 3.05) is 11.9 Å². The number of nitrogens with zero attached hydrogens (tertiary/aromatic N) is 1. The zero-order chi connectivity index (χ0) is 13.1. The van der Waals surface area contributed by atoms with Crippen molar-refractivity contribution in [3.05, 3.63) is 59.7 Å². The highest BCUT2D eigenvalue weighted by Crippen LogP contribution is 2.25. The van der Waals surface area contributed by atoms with Gasteiger partial charge in [-0.3, -0.25) is 0 Å². The van der Waals surface area contributed by atoms with E-state index in [0.29, 0.717) is 0 Å². The number of anilines is 2.